The van der Waals surface area contributed by atoms with Gasteiger partial charge in [0, 0.05) is 18.1 Å². The lowest BCUT2D eigenvalue weighted by atomic mass is 10.0. The Bertz CT molecular complexity index is 657. The molecule has 21 heavy (non-hydrogen) atoms. The van der Waals surface area contributed by atoms with Gasteiger partial charge < -0.3 is 11.1 Å². The molecule has 4 nitrogen and oxygen atoms in total. The molecule has 1 aromatic carbocycles. The average molecular weight is 306 g/mol. The van der Waals surface area contributed by atoms with Crippen LogP contribution in [0.1, 0.15) is 25.3 Å². The first-order valence-electron chi connectivity index (χ1n) is 7.13. The summed E-state index contributed by atoms with van der Waals surface area (Å²) in [6, 6.07) is 5.57. The first-order valence-corrected chi connectivity index (χ1v) is 7.51. The van der Waals surface area contributed by atoms with Crippen molar-refractivity contribution < 1.29 is 4.79 Å². The lowest BCUT2D eigenvalue weighted by molar-refractivity contribution is -0.119. The van der Waals surface area contributed by atoms with Crippen molar-refractivity contribution in [2.45, 2.75) is 26.7 Å². The van der Waals surface area contributed by atoms with E-state index >= 15 is 0 Å². The molecular formula is C16H20ClN3O. The quantitative estimate of drug-likeness (QED) is 0.888. The van der Waals surface area contributed by atoms with Gasteiger partial charge in [-0.15, -0.1) is 0 Å². The molecule has 1 heterocycles. The van der Waals surface area contributed by atoms with Gasteiger partial charge in [-0.2, -0.15) is 0 Å². The van der Waals surface area contributed by atoms with Gasteiger partial charge >= 0.3 is 0 Å². The molecule has 5 heteroatoms. The van der Waals surface area contributed by atoms with Crippen molar-refractivity contribution in [1.82, 2.24) is 4.98 Å². The van der Waals surface area contributed by atoms with Crippen molar-refractivity contribution in [3.8, 4) is 0 Å². The van der Waals surface area contributed by atoms with Crippen LogP contribution < -0.4 is 11.1 Å². The van der Waals surface area contributed by atoms with Gasteiger partial charge in [0.05, 0.1) is 22.1 Å². The standard InChI is InChI=1S/C16H20ClN3O/c1-3-5-11(9-18)16(21)20-15-12-6-4-7-19-14(12)10(2)8-13(15)17/h4,6-8,11H,3,5,9,18H2,1-2H3,(H,20,21). The minimum atomic E-state index is -0.195. The van der Waals surface area contributed by atoms with E-state index in [-0.39, 0.29) is 11.8 Å². The van der Waals surface area contributed by atoms with E-state index in [1.807, 2.05) is 32.0 Å². The second kappa shape index (κ2) is 6.87. The lowest BCUT2D eigenvalue weighted by Gasteiger charge is -2.16. The predicted octanol–water partition coefficient (Wildman–Crippen LogP) is 3.51. The molecule has 1 aromatic heterocycles. The van der Waals surface area contributed by atoms with E-state index in [1.54, 1.807) is 6.20 Å². The number of anilines is 1. The van der Waals surface area contributed by atoms with Crippen LogP contribution in [0.2, 0.25) is 5.02 Å². The number of hydrogen-bond acceptors (Lipinski definition) is 3. The minimum Gasteiger partial charge on any atom is -0.330 e. The van der Waals surface area contributed by atoms with E-state index in [9.17, 15) is 4.79 Å². The van der Waals surface area contributed by atoms with Crippen LogP contribution in [0.4, 0.5) is 5.69 Å². The number of carbonyl (C=O) groups is 1. The summed E-state index contributed by atoms with van der Waals surface area (Å²) in [4.78, 5) is 16.7. The Morgan fingerprint density at radius 2 is 2.29 bits per heavy atom. The summed E-state index contributed by atoms with van der Waals surface area (Å²) in [7, 11) is 0. The fourth-order valence-corrected chi connectivity index (χ4v) is 2.75. The van der Waals surface area contributed by atoms with Crippen LogP contribution in [-0.4, -0.2) is 17.4 Å². The maximum absolute atomic E-state index is 12.3. The Balaban J connectivity index is 2.40. The zero-order chi connectivity index (χ0) is 15.4. The number of amides is 1. The number of fused-ring (bicyclic) bond motifs is 1. The second-order valence-electron chi connectivity index (χ2n) is 5.16. The summed E-state index contributed by atoms with van der Waals surface area (Å²) in [5, 5.41) is 4.30. The maximum atomic E-state index is 12.3. The van der Waals surface area contributed by atoms with E-state index in [1.165, 1.54) is 0 Å². The minimum absolute atomic E-state index is 0.0877. The highest BCUT2D eigenvalue weighted by molar-refractivity contribution is 6.35. The van der Waals surface area contributed by atoms with Crippen LogP contribution >= 0.6 is 11.6 Å². The lowest BCUT2D eigenvalue weighted by Crippen LogP contribution is -2.29. The van der Waals surface area contributed by atoms with Crippen LogP contribution in [0.5, 0.6) is 0 Å². The highest BCUT2D eigenvalue weighted by Gasteiger charge is 2.19. The molecule has 0 aliphatic heterocycles. The highest BCUT2D eigenvalue weighted by atomic mass is 35.5. The summed E-state index contributed by atoms with van der Waals surface area (Å²) >= 11 is 6.30. The van der Waals surface area contributed by atoms with Gasteiger partial charge in [-0.3, -0.25) is 9.78 Å². The van der Waals surface area contributed by atoms with Crippen molar-refractivity contribution in [1.29, 1.82) is 0 Å². The summed E-state index contributed by atoms with van der Waals surface area (Å²) in [6.45, 7) is 4.32. The first kappa shape index (κ1) is 15.7. The monoisotopic (exact) mass is 305 g/mol. The molecule has 0 saturated heterocycles. The second-order valence-corrected chi connectivity index (χ2v) is 5.57. The molecule has 0 aliphatic rings. The van der Waals surface area contributed by atoms with Crippen molar-refractivity contribution in [3.05, 3.63) is 35.0 Å². The van der Waals surface area contributed by atoms with Gasteiger partial charge in [0.15, 0.2) is 0 Å². The van der Waals surface area contributed by atoms with E-state index in [2.05, 4.69) is 10.3 Å². The Kier molecular flexibility index (Phi) is 5.15. The third kappa shape index (κ3) is 3.34. The molecule has 0 radical (unpaired) electrons. The van der Waals surface area contributed by atoms with Crippen molar-refractivity contribution in [2.75, 3.05) is 11.9 Å². The van der Waals surface area contributed by atoms with Crippen molar-refractivity contribution in [3.63, 3.8) is 0 Å². The number of aryl methyl sites for hydroxylation is 1. The molecule has 112 valence electrons. The van der Waals surface area contributed by atoms with E-state index in [4.69, 9.17) is 17.3 Å². The topological polar surface area (TPSA) is 68.0 Å². The number of nitrogens with one attached hydrogen (secondary N) is 1. The summed E-state index contributed by atoms with van der Waals surface area (Å²) in [5.74, 6) is -0.283. The average Bonchev–Trinajstić information content (AvgIpc) is 2.48. The molecule has 3 N–H and O–H groups in total. The third-order valence-electron chi connectivity index (χ3n) is 3.57. The van der Waals surface area contributed by atoms with Gasteiger partial charge in [0.1, 0.15) is 0 Å². The Hall–Kier alpha value is -1.65. The van der Waals surface area contributed by atoms with E-state index < -0.39 is 0 Å². The van der Waals surface area contributed by atoms with Crippen LogP contribution in [0.15, 0.2) is 24.4 Å². The zero-order valence-corrected chi connectivity index (χ0v) is 13.1. The molecule has 0 bridgehead atoms. The summed E-state index contributed by atoms with van der Waals surface area (Å²) in [5.41, 5.74) is 8.13. The number of benzene rings is 1. The fraction of sp³-hybridized carbons (Fsp3) is 0.375. The molecule has 1 unspecified atom stereocenters. The molecule has 0 aliphatic carbocycles. The normalized spacial score (nSPS) is 12.4. The van der Waals surface area contributed by atoms with Crippen LogP contribution in [0.3, 0.4) is 0 Å². The molecule has 2 aromatic rings. The van der Waals surface area contributed by atoms with E-state index in [0.717, 1.165) is 29.3 Å². The molecule has 0 saturated carbocycles. The zero-order valence-electron chi connectivity index (χ0n) is 12.3. The Labute approximate surface area is 129 Å². The van der Waals surface area contributed by atoms with Crippen LogP contribution in [0, 0.1) is 12.8 Å². The number of pyridine rings is 1. The maximum Gasteiger partial charge on any atom is 0.228 e. The number of aromatic nitrogens is 1. The van der Waals surface area contributed by atoms with Gasteiger partial charge in [0.25, 0.3) is 0 Å². The van der Waals surface area contributed by atoms with E-state index in [0.29, 0.717) is 17.3 Å². The van der Waals surface area contributed by atoms with Crippen molar-refractivity contribution in [2.24, 2.45) is 11.7 Å². The smallest absolute Gasteiger partial charge is 0.228 e. The number of carbonyl (C=O) groups excluding carboxylic acids is 1. The SMILES string of the molecule is CCCC(CN)C(=O)Nc1c(Cl)cc(C)c2ncccc12. The van der Waals surface area contributed by atoms with Gasteiger partial charge in [-0.1, -0.05) is 24.9 Å². The fourth-order valence-electron chi connectivity index (χ4n) is 2.44. The van der Waals surface area contributed by atoms with Crippen LogP contribution in [-0.2, 0) is 4.79 Å². The predicted molar refractivity (Wildman–Crippen MR) is 87.6 cm³/mol. The number of rotatable bonds is 5. The van der Waals surface area contributed by atoms with Crippen LogP contribution in [0.25, 0.3) is 10.9 Å². The Morgan fingerprint density at radius 3 is 2.95 bits per heavy atom. The molecule has 0 spiro atoms. The number of nitrogens with zero attached hydrogens (tertiary/aromatic N) is 1. The largest absolute Gasteiger partial charge is 0.330 e. The van der Waals surface area contributed by atoms with Gasteiger partial charge in [0.2, 0.25) is 5.91 Å². The number of halogens is 1. The number of nitrogens with two attached hydrogens (primary N) is 1. The molecule has 0 fully saturated rings. The van der Waals surface area contributed by atoms with Gasteiger partial charge in [-0.25, -0.2) is 0 Å². The molecule has 2 rings (SSSR count). The molecule has 1 amide bonds. The molecular weight excluding hydrogens is 286 g/mol. The summed E-state index contributed by atoms with van der Waals surface area (Å²) < 4.78 is 0. The third-order valence-corrected chi connectivity index (χ3v) is 3.87. The first-order chi connectivity index (χ1) is 10.1. The highest BCUT2D eigenvalue weighted by Crippen LogP contribution is 2.33. The van der Waals surface area contributed by atoms with Gasteiger partial charge in [-0.05, 0) is 37.1 Å². The Morgan fingerprint density at radius 1 is 1.52 bits per heavy atom. The molecule has 1 atom stereocenters. The van der Waals surface area contributed by atoms with Crippen molar-refractivity contribution >= 4 is 34.1 Å². The number of hydrogen-bond donors (Lipinski definition) is 2. The summed E-state index contributed by atoms with van der Waals surface area (Å²) in [6.07, 6.45) is 3.41.